The maximum Gasteiger partial charge on any atom is 0.295 e. The zero-order valence-electron chi connectivity index (χ0n) is 12.5. The van der Waals surface area contributed by atoms with Gasteiger partial charge in [0.1, 0.15) is 5.69 Å². The highest BCUT2D eigenvalue weighted by atomic mass is 32.2. The topological polar surface area (TPSA) is 92.9 Å². The Hall–Kier alpha value is -3.00. The van der Waals surface area contributed by atoms with Gasteiger partial charge in [0, 0.05) is 23.4 Å². The molecule has 0 aromatic heterocycles. The van der Waals surface area contributed by atoms with Gasteiger partial charge in [-0.25, -0.2) is 0 Å². The van der Waals surface area contributed by atoms with Crippen molar-refractivity contribution < 1.29 is 14.5 Å². The second-order valence-corrected chi connectivity index (χ2v) is 5.94. The van der Waals surface area contributed by atoms with Crippen molar-refractivity contribution in [2.75, 3.05) is 5.01 Å². The van der Waals surface area contributed by atoms with Crippen LogP contribution in [0.3, 0.4) is 0 Å². The van der Waals surface area contributed by atoms with Crippen molar-refractivity contribution in [2.45, 2.75) is 11.8 Å². The molecule has 0 spiro atoms. The van der Waals surface area contributed by atoms with E-state index in [0.29, 0.717) is 5.56 Å². The summed E-state index contributed by atoms with van der Waals surface area (Å²) in [6.07, 6.45) is 0. The number of anilines is 1. The van der Waals surface area contributed by atoms with Crippen LogP contribution >= 0.6 is 11.8 Å². The van der Waals surface area contributed by atoms with Crippen molar-refractivity contribution in [1.82, 2.24) is 0 Å². The second-order valence-electron chi connectivity index (χ2n) is 4.91. The molecule has 0 radical (unpaired) electrons. The van der Waals surface area contributed by atoms with Crippen molar-refractivity contribution >= 4 is 39.9 Å². The number of rotatable bonds is 3. The van der Waals surface area contributed by atoms with Crippen LogP contribution in [0.1, 0.15) is 17.3 Å². The summed E-state index contributed by atoms with van der Waals surface area (Å²) in [5.41, 5.74) is 0.268. The van der Waals surface area contributed by atoms with E-state index in [1.807, 2.05) is 0 Å². The molecule has 0 saturated heterocycles. The molecule has 8 heteroatoms. The Morgan fingerprint density at radius 1 is 1.17 bits per heavy atom. The van der Waals surface area contributed by atoms with Gasteiger partial charge in [0.2, 0.25) is 11.7 Å². The van der Waals surface area contributed by atoms with Gasteiger partial charge in [0.05, 0.1) is 4.92 Å². The number of hydrazone groups is 1. The molecule has 2 aromatic carbocycles. The summed E-state index contributed by atoms with van der Waals surface area (Å²) in [5, 5.41) is 16.3. The number of carbonyl (C=O) groups is 2. The van der Waals surface area contributed by atoms with Gasteiger partial charge in [-0.15, -0.1) is 0 Å². The third-order valence-corrected chi connectivity index (χ3v) is 4.36. The number of nitrogens with zero attached hydrogens (tertiary/aromatic N) is 3. The molecular formula is C16H11N3O4S. The molecule has 0 unspecified atom stereocenters. The van der Waals surface area contributed by atoms with Gasteiger partial charge in [-0.3, -0.25) is 19.7 Å². The predicted molar refractivity (Wildman–Crippen MR) is 90.3 cm³/mol. The first-order valence-corrected chi connectivity index (χ1v) is 7.75. The largest absolute Gasteiger partial charge is 0.295 e. The highest BCUT2D eigenvalue weighted by Gasteiger charge is 2.30. The fourth-order valence-corrected chi connectivity index (χ4v) is 3.21. The smallest absolute Gasteiger partial charge is 0.286 e. The van der Waals surface area contributed by atoms with Crippen molar-refractivity contribution in [1.29, 1.82) is 0 Å². The zero-order chi connectivity index (χ0) is 17.3. The molecule has 0 bridgehead atoms. The number of Topliss-reactive ketones (excluding diaryl/α,β-unsaturated/α-hetero) is 1. The van der Waals surface area contributed by atoms with E-state index in [0.717, 1.165) is 21.7 Å². The molecule has 7 nitrogen and oxygen atoms in total. The van der Waals surface area contributed by atoms with Crippen molar-refractivity contribution in [2.24, 2.45) is 5.10 Å². The first kappa shape index (κ1) is 15.9. The molecule has 1 heterocycles. The monoisotopic (exact) mass is 341 g/mol. The van der Waals surface area contributed by atoms with E-state index in [1.54, 1.807) is 30.3 Å². The van der Waals surface area contributed by atoms with E-state index < -0.39 is 10.8 Å². The lowest BCUT2D eigenvalue weighted by atomic mass is 10.1. The van der Waals surface area contributed by atoms with Gasteiger partial charge in [0.25, 0.3) is 5.69 Å². The predicted octanol–water partition coefficient (Wildman–Crippen LogP) is 3.25. The third kappa shape index (κ3) is 2.79. The molecule has 1 aliphatic rings. The molecule has 120 valence electrons. The normalized spacial score (nSPS) is 14.5. The third-order valence-electron chi connectivity index (χ3n) is 3.33. The number of carbonyl (C=O) groups excluding carboxylic acids is 2. The summed E-state index contributed by atoms with van der Waals surface area (Å²) in [5.74, 6) is -0.832. The maximum atomic E-state index is 12.4. The van der Waals surface area contributed by atoms with Crippen LogP contribution in [0.25, 0.3) is 0 Å². The summed E-state index contributed by atoms with van der Waals surface area (Å²) in [4.78, 5) is 35.7. The molecule has 0 fully saturated rings. The van der Waals surface area contributed by atoms with E-state index in [1.165, 1.54) is 25.1 Å². The first-order chi connectivity index (χ1) is 11.5. The average molecular weight is 341 g/mol. The summed E-state index contributed by atoms with van der Waals surface area (Å²) < 4.78 is 0. The molecule has 0 saturated carbocycles. The van der Waals surface area contributed by atoms with Gasteiger partial charge in [0.15, 0.2) is 5.04 Å². The zero-order valence-corrected chi connectivity index (χ0v) is 13.3. The van der Waals surface area contributed by atoms with Crippen molar-refractivity contribution in [3.05, 3.63) is 64.2 Å². The lowest BCUT2D eigenvalue weighted by Crippen LogP contribution is -2.25. The number of hydrogen-bond acceptors (Lipinski definition) is 6. The first-order valence-electron chi connectivity index (χ1n) is 6.93. The molecular weight excluding hydrogens is 330 g/mol. The Morgan fingerprint density at radius 3 is 2.50 bits per heavy atom. The van der Waals surface area contributed by atoms with Gasteiger partial charge in [-0.05, 0) is 18.2 Å². The van der Waals surface area contributed by atoms with E-state index in [9.17, 15) is 19.7 Å². The lowest BCUT2D eigenvalue weighted by Gasteiger charge is -2.15. The van der Waals surface area contributed by atoms with Crippen LogP contribution < -0.4 is 5.01 Å². The summed E-state index contributed by atoms with van der Waals surface area (Å²) in [6.45, 7) is 1.23. The number of thioether (sulfide) groups is 1. The van der Waals surface area contributed by atoms with E-state index in [4.69, 9.17) is 0 Å². The number of fused-ring (bicyclic) bond motifs is 1. The Kier molecular flexibility index (Phi) is 4.13. The Bertz CT molecular complexity index is 894. The quantitative estimate of drug-likeness (QED) is 0.631. The highest BCUT2D eigenvalue weighted by Crippen LogP contribution is 2.35. The standard InChI is InChI=1S/C16H11N3O4S/c1-10(20)18(12-7-3-4-8-13(12)19(22)23)17-16-15(21)11-6-2-5-9-14(11)24-16/h2-9H,1H3. The van der Waals surface area contributed by atoms with E-state index in [-0.39, 0.29) is 22.2 Å². The fourth-order valence-electron chi connectivity index (χ4n) is 2.26. The Morgan fingerprint density at radius 2 is 1.83 bits per heavy atom. The molecule has 1 amide bonds. The number of hydrogen-bond donors (Lipinski definition) is 0. The SMILES string of the molecule is CC(=O)N(N=C1Sc2ccccc2C1=O)c1ccccc1[N+](=O)[O-]. The van der Waals surface area contributed by atoms with Crippen LogP contribution in [0.15, 0.2) is 58.5 Å². The second kappa shape index (κ2) is 6.25. The van der Waals surface area contributed by atoms with E-state index >= 15 is 0 Å². The Labute approximate surface area is 141 Å². The van der Waals surface area contributed by atoms with Gasteiger partial charge >= 0.3 is 0 Å². The highest BCUT2D eigenvalue weighted by molar-refractivity contribution is 8.16. The van der Waals surface area contributed by atoms with Crippen LogP contribution in [-0.4, -0.2) is 21.7 Å². The summed E-state index contributed by atoms with van der Waals surface area (Å²) in [6, 6.07) is 12.8. The molecule has 1 aliphatic heterocycles. The average Bonchev–Trinajstić information content (AvgIpc) is 2.89. The van der Waals surface area contributed by atoms with Crippen molar-refractivity contribution in [3.8, 4) is 0 Å². The number of ketones is 1. The minimum atomic E-state index is -0.593. The minimum absolute atomic E-state index is 0.0202. The molecule has 2 aromatic rings. The molecule has 0 N–H and O–H groups in total. The van der Waals surface area contributed by atoms with E-state index in [2.05, 4.69) is 5.10 Å². The van der Waals surface area contributed by atoms with Crippen molar-refractivity contribution in [3.63, 3.8) is 0 Å². The van der Waals surface area contributed by atoms with Gasteiger partial charge in [-0.2, -0.15) is 10.1 Å². The van der Waals surface area contributed by atoms with Crippen LogP contribution in [0.5, 0.6) is 0 Å². The molecule has 24 heavy (non-hydrogen) atoms. The number of para-hydroxylation sites is 2. The van der Waals surface area contributed by atoms with Crippen LogP contribution in [0.4, 0.5) is 11.4 Å². The molecule has 3 rings (SSSR count). The summed E-state index contributed by atoms with van der Waals surface area (Å²) >= 11 is 1.14. The minimum Gasteiger partial charge on any atom is -0.286 e. The lowest BCUT2D eigenvalue weighted by molar-refractivity contribution is -0.384. The number of nitro groups is 1. The van der Waals surface area contributed by atoms with Crippen LogP contribution in [0.2, 0.25) is 0 Å². The van der Waals surface area contributed by atoms with Crippen LogP contribution in [0, 0.1) is 10.1 Å². The number of nitro benzene ring substituents is 1. The molecule has 0 aliphatic carbocycles. The summed E-state index contributed by atoms with van der Waals surface area (Å²) in [7, 11) is 0. The van der Waals surface area contributed by atoms with Gasteiger partial charge < -0.3 is 0 Å². The number of benzene rings is 2. The number of amides is 1. The Balaban J connectivity index is 2.05. The van der Waals surface area contributed by atoms with Gasteiger partial charge in [-0.1, -0.05) is 36.0 Å². The van der Waals surface area contributed by atoms with Crippen LogP contribution in [-0.2, 0) is 4.79 Å². The fraction of sp³-hybridized carbons (Fsp3) is 0.0625. The molecule has 0 atom stereocenters. The maximum absolute atomic E-state index is 12.4.